The molecule has 1 saturated heterocycles. The van der Waals surface area contributed by atoms with Gasteiger partial charge in [0.05, 0.1) is 5.02 Å². The van der Waals surface area contributed by atoms with Crippen LogP contribution in [0.1, 0.15) is 30.1 Å². The van der Waals surface area contributed by atoms with Crippen LogP contribution in [0.5, 0.6) is 5.75 Å². The van der Waals surface area contributed by atoms with Crippen molar-refractivity contribution in [2.24, 2.45) is 0 Å². The monoisotopic (exact) mass is 253 g/mol. The normalized spacial score (nSPS) is 16.8. The van der Waals surface area contributed by atoms with E-state index in [1.807, 2.05) is 6.07 Å². The fourth-order valence-electron chi connectivity index (χ4n) is 1.96. The molecule has 2 rings (SSSR count). The molecule has 4 heteroatoms. The van der Waals surface area contributed by atoms with E-state index in [9.17, 15) is 4.79 Å². The summed E-state index contributed by atoms with van der Waals surface area (Å²) >= 11 is 6.03. The number of halogens is 1. The maximum absolute atomic E-state index is 11.2. The summed E-state index contributed by atoms with van der Waals surface area (Å²) in [5.74, 6) is 0.718. The fraction of sp³-hybridized carbons (Fsp3) is 0.462. The molecule has 0 bridgehead atoms. The summed E-state index contributed by atoms with van der Waals surface area (Å²) in [4.78, 5) is 11.2. The second-order valence-electron chi connectivity index (χ2n) is 4.27. The van der Waals surface area contributed by atoms with Gasteiger partial charge in [-0.2, -0.15) is 0 Å². The van der Waals surface area contributed by atoms with Gasteiger partial charge >= 0.3 is 0 Å². The molecule has 0 aliphatic carbocycles. The first-order chi connectivity index (χ1) is 8.16. The molecule has 0 unspecified atom stereocenters. The molecule has 1 fully saturated rings. The van der Waals surface area contributed by atoms with Crippen molar-refractivity contribution in [1.29, 1.82) is 0 Å². The highest BCUT2D eigenvalue weighted by Gasteiger charge is 2.15. The summed E-state index contributed by atoms with van der Waals surface area (Å²) in [6.07, 6.45) is 2.26. The zero-order valence-electron chi connectivity index (χ0n) is 9.83. The quantitative estimate of drug-likeness (QED) is 0.842. The predicted molar refractivity (Wildman–Crippen MR) is 68.0 cm³/mol. The van der Waals surface area contributed by atoms with Crippen LogP contribution in [0, 0.1) is 0 Å². The molecular weight excluding hydrogens is 238 g/mol. The summed E-state index contributed by atoms with van der Waals surface area (Å²) in [5, 5.41) is 3.75. The van der Waals surface area contributed by atoms with E-state index in [1.54, 1.807) is 12.1 Å². The second kappa shape index (κ2) is 5.52. The number of piperidine rings is 1. The van der Waals surface area contributed by atoms with Crippen molar-refractivity contribution < 1.29 is 9.53 Å². The minimum atomic E-state index is -0.0246. The van der Waals surface area contributed by atoms with Gasteiger partial charge in [0.25, 0.3) is 0 Å². The van der Waals surface area contributed by atoms with Gasteiger partial charge in [-0.05, 0) is 51.1 Å². The largest absolute Gasteiger partial charge is 0.490 e. The Morgan fingerprint density at radius 1 is 1.41 bits per heavy atom. The molecule has 1 aliphatic heterocycles. The van der Waals surface area contributed by atoms with Gasteiger partial charge in [0.15, 0.2) is 5.78 Å². The summed E-state index contributed by atoms with van der Waals surface area (Å²) < 4.78 is 5.84. The average molecular weight is 254 g/mol. The first-order valence-corrected chi connectivity index (χ1v) is 6.22. The zero-order valence-corrected chi connectivity index (χ0v) is 10.6. The Balaban J connectivity index is 2.06. The van der Waals surface area contributed by atoms with E-state index in [0.29, 0.717) is 10.6 Å². The van der Waals surface area contributed by atoms with E-state index in [1.165, 1.54) is 6.92 Å². The summed E-state index contributed by atoms with van der Waals surface area (Å²) in [6, 6.07) is 5.26. The van der Waals surface area contributed by atoms with Crippen molar-refractivity contribution in [2.45, 2.75) is 25.9 Å². The third-order valence-corrected chi connectivity index (χ3v) is 3.22. The number of ketones is 1. The summed E-state index contributed by atoms with van der Waals surface area (Å²) in [6.45, 7) is 3.49. The highest BCUT2D eigenvalue weighted by molar-refractivity contribution is 6.34. The number of ether oxygens (including phenoxy) is 1. The lowest BCUT2D eigenvalue weighted by atomic mass is 10.1. The molecule has 0 spiro atoms. The van der Waals surface area contributed by atoms with Crippen molar-refractivity contribution in [3.8, 4) is 5.75 Å². The lowest BCUT2D eigenvalue weighted by molar-refractivity contribution is 0.101. The van der Waals surface area contributed by atoms with E-state index < -0.39 is 0 Å². The highest BCUT2D eigenvalue weighted by atomic mass is 35.5. The lowest BCUT2D eigenvalue weighted by Gasteiger charge is -2.24. The molecule has 1 heterocycles. The minimum Gasteiger partial charge on any atom is -0.490 e. The summed E-state index contributed by atoms with van der Waals surface area (Å²) in [5.41, 5.74) is 0.546. The van der Waals surface area contributed by atoms with Crippen LogP contribution < -0.4 is 10.1 Å². The summed E-state index contributed by atoms with van der Waals surface area (Å²) in [7, 11) is 0. The molecule has 1 aliphatic rings. The van der Waals surface area contributed by atoms with Gasteiger partial charge in [-0.1, -0.05) is 11.6 Å². The molecule has 0 atom stereocenters. The van der Waals surface area contributed by atoms with Crippen LogP contribution in [0.15, 0.2) is 18.2 Å². The van der Waals surface area contributed by atoms with Crippen LogP contribution in [0.4, 0.5) is 0 Å². The standard InChI is InChI=1S/C13H16ClNO2/c1-9(16)12-3-2-11(8-13(12)14)17-10-4-6-15-7-5-10/h2-3,8,10,15H,4-7H2,1H3. The van der Waals surface area contributed by atoms with Crippen LogP contribution in [0.25, 0.3) is 0 Å². The Kier molecular flexibility index (Phi) is 4.02. The molecule has 92 valence electrons. The molecule has 1 aromatic carbocycles. The molecule has 1 aromatic rings. The van der Waals surface area contributed by atoms with Crippen LogP contribution >= 0.6 is 11.6 Å². The lowest BCUT2D eigenvalue weighted by Crippen LogP contribution is -2.34. The second-order valence-corrected chi connectivity index (χ2v) is 4.67. The van der Waals surface area contributed by atoms with Gasteiger partial charge in [0.1, 0.15) is 11.9 Å². The third-order valence-electron chi connectivity index (χ3n) is 2.91. The Morgan fingerprint density at radius 3 is 2.71 bits per heavy atom. The van der Waals surface area contributed by atoms with E-state index in [2.05, 4.69) is 5.32 Å². The number of carbonyl (C=O) groups is 1. The molecule has 1 N–H and O–H groups in total. The van der Waals surface area contributed by atoms with Crippen molar-refractivity contribution in [1.82, 2.24) is 5.32 Å². The average Bonchev–Trinajstić information content (AvgIpc) is 2.30. The van der Waals surface area contributed by atoms with Gasteiger partial charge in [-0.3, -0.25) is 4.79 Å². The van der Waals surface area contributed by atoms with E-state index in [0.717, 1.165) is 31.7 Å². The number of hydrogen-bond acceptors (Lipinski definition) is 3. The Labute approximate surface area is 106 Å². The van der Waals surface area contributed by atoms with Crippen molar-refractivity contribution in [3.63, 3.8) is 0 Å². The number of hydrogen-bond donors (Lipinski definition) is 1. The van der Waals surface area contributed by atoms with Crippen molar-refractivity contribution in [3.05, 3.63) is 28.8 Å². The van der Waals surface area contributed by atoms with E-state index in [-0.39, 0.29) is 11.9 Å². The number of rotatable bonds is 3. The van der Waals surface area contributed by atoms with Gasteiger partial charge < -0.3 is 10.1 Å². The first-order valence-electron chi connectivity index (χ1n) is 5.84. The highest BCUT2D eigenvalue weighted by Crippen LogP contribution is 2.24. The van der Waals surface area contributed by atoms with Gasteiger partial charge in [0.2, 0.25) is 0 Å². The van der Waals surface area contributed by atoms with E-state index in [4.69, 9.17) is 16.3 Å². The molecule has 0 amide bonds. The predicted octanol–water partition coefficient (Wildman–Crippen LogP) is 2.67. The molecule has 0 aromatic heterocycles. The Hall–Kier alpha value is -1.06. The van der Waals surface area contributed by atoms with Crippen LogP contribution in [0.3, 0.4) is 0 Å². The van der Waals surface area contributed by atoms with Gasteiger partial charge in [-0.15, -0.1) is 0 Å². The number of nitrogens with one attached hydrogen (secondary N) is 1. The Morgan fingerprint density at radius 2 is 2.12 bits per heavy atom. The molecule has 17 heavy (non-hydrogen) atoms. The van der Waals surface area contributed by atoms with Gasteiger partial charge in [-0.25, -0.2) is 0 Å². The maximum atomic E-state index is 11.2. The molecular formula is C13H16ClNO2. The fourth-order valence-corrected chi connectivity index (χ4v) is 2.26. The van der Waals surface area contributed by atoms with Crippen molar-refractivity contribution in [2.75, 3.05) is 13.1 Å². The van der Waals surface area contributed by atoms with Crippen LogP contribution in [-0.4, -0.2) is 25.0 Å². The number of benzene rings is 1. The zero-order chi connectivity index (χ0) is 12.3. The van der Waals surface area contributed by atoms with Crippen LogP contribution in [-0.2, 0) is 0 Å². The maximum Gasteiger partial charge on any atom is 0.161 e. The van der Waals surface area contributed by atoms with E-state index >= 15 is 0 Å². The Bertz CT molecular complexity index is 414. The smallest absolute Gasteiger partial charge is 0.161 e. The topological polar surface area (TPSA) is 38.3 Å². The molecule has 0 radical (unpaired) electrons. The number of carbonyl (C=O) groups excluding carboxylic acids is 1. The number of Topliss-reactive ketones (excluding diaryl/α,β-unsaturated/α-hetero) is 1. The first kappa shape index (κ1) is 12.4. The SMILES string of the molecule is CC(=O)c1ccc(OC2CCNCC2)cc1Cl. The molecule has 3 nitrogen and oxygen atoms in total. The van der Waals surface area contributed by atoms with Crippen molar-refractivity contribution >= 4 is 17.4 Å². The molecule has 0 saturated carbocycles. The third kappa shape index (κ3) is 3.20. The minimum absolute atomic E-state index is 0.0246. The van der Waals surface area contributed by atoms with Gasteiger partial charge in [0, 0.05) is 5.56 Å². The van der Waals surface area contributed by atoms with Crippen LogP contribution in [0.2, 0.25) is 5.02 Å².